The average molecular weight is 641 g/mol. The van der Waals surface area contributed by atoms with Crippen molar-refractivity contribution in [3.63, 3.8) is 0 Å². The molecule has 1 fully saturated rings. The van der Waals surface area contributed by atoms with Gasteiger partial charge in [-0.1, -0.05) is 50.2 Å². The Morgan fingerprint density at radius 1 is 1.09 bits per heavy atom. The number of alkyl halides is 4. The van der Waals surface area contributed by atoms with Crippen molar-refractivity contribution in [2.45, 2.75) is 45.0 Å². The Bertz CT molecular complexity index is 1720. The number of nitrogens with zero attached hydrogens (tertiary/aromatic N) is 5. The number of carbonyl (C=O) groups excluding carboxylic acids is 2. The molecule has 0 spiro atoms. The molecule has 3 aromatic carbocycles. The molecular formula is C31H28F4N6O3S. The largest absolute Gasteiger partial charge is 0.573 e. The van der Waals surface area contributed by atoms with Gasteiger partial charge in [-0.3, -0.25) is 9.69 Å². The summed E-state index contributed by atoms with van der Waals surface area (Å²) < 4.78 is 57.0. The molecule has 1 aliphatic heterocycles. The van der Waals surface area contributed by atoms with E-state index in [9.17, 15) is 27.2 Å². The summed E-state index contributed by atoms with van der Waals surface area (Å²) in [5.41, 5.74) is 2.52. The van der Waals surface area contributed by atoms with Crippen molar-refractivity contribution in [2.75, 3.05) is 11.4 Å². The normalized spacial score (nSPS) is 16.1. The van der Waals surface area contributed by atoms with Gasteiger partial charge >= 0.3 is 12.4 Å². The highest BCUT2D eigenvalue weighted by molar-refractivity contribution is 8.16. The van der Waals surface area contributed by atoms with Crippen LogP contribution in [0.5, 0.6) is 5.75 Å². The van der Waals surface area contributed by atoms with Crippen LogP contribution in [0.3, 0.4) is 0 Å². The van der Waals surface area contributed by atoms with Crippen molar-refractivity contribution in [3.05, 3.63) is 89.7 Å². The first-order valence-electron chi connectivity index (χ1n) is 13.9. The Morgan fingerprint density at radius 2 is 1.80 bits per heavy atom. The van der Waals surface area contributed by atoms with Gasteiger partial charge in [0, 0.05) is 12.1 Å². The number of aliphatic imine (C=N–C) groups is 1. The molecule has 1 aliphatic rings. The van der Waals surface area contributed by atoms with Crippen molar-refractivity contribution < 1.29 is 31.9 Å². The number of aryl methyl sites for hydroxylation is 1. The number of amidine groups is 1. The second kappa shape index (κ2) is 13.1. The lowest BCUT2D eigenvalue weighted by Gasteiger charge is -2.22. The number of anilines is 1. The molecular weight excluding hydrogens is 612 g/mol. The zero-order valence-corrected chi connectivity index (χ0v) is 25.2. The third kappa shape index (κ3) is 7.69. The van der Waals surface area contributed by atoms with Gasteiger partial charge in [-0.15, -0.1) is 18.3 Å². The molecule has 0 bridgehead atoms. The SMILES string of the molecule is Cc1ccc(C(C)C)c(N2C(=O)C(F)S/C2=N\C(=O)NCCc2ccc(-c3ncn(-c4ccc(OC(F)(F)F)cc4)n3)cc2)c1. The lowest BCUT2D eigenvalue weighted by molar-refractivity contribution is -0.274. The molecule has 0 saturated carbocycles. The predicted octanol–water partition coefficient (Wildman–Crippen LogP) is 6.95. The van der Waals surface area contributed by atoms with E-state index in [4.69, 9.17) is 0 Å². The highest BCUT2D eigenvalue weighted by atomic mass is 32.2. The van der Waals surface area contributed by atoms with Crippen molar-refractivity contribution in [1.82, 2.24) is 20.1 Å². The number of carbonyl (C=O) groups is 2. The third-order valence-corrected chi connectivity index (χ3v) is 7.68. The number of thioether (sulfide) groups is 1. The minimum Gasteiger partial charge on any atom is -0.406 e. The van der Waals surface area contributed by atoms with Crippen molar-refractivity contribution in [3.8, 4) is 22.8 Å². The Labute approximate surface area is 260 Å². The second-order valence-electron chi connectivity index (χ2n) is 10.5. The van der Waals surface area contributed by atoms with Crippen LogP contribution in [0.2, 0.25) is 0 Å². The van der Waals surface area contributed by atoms with Gasteiger partial charge in [-0.25, -0.2) is 18.9 Å². The zero-order chi connectivity index (χ0) is 32.3. The fraction of sp³-hybridized carbons (Fsp3) is 0.258. The number of aromatic nitrogens is 3. The van der Waals surface area contributed by atoms with Gasteiger partial charge in [-0.05, 0) is 78.0 Å². The smallest absolute Gasteiger partial charge is 0.406 e. The van der Waals surface area contributed by atoms with E-state index in [0.29, 0.717) is 40.9 Å². The number of hydrogen-bond acceptors (Lipinski definition) is 6. The van der Waals surface area contributed by atoms with E-state index in [1.165, 1.54) is 40.2 Å². The van der Waals surface area contributed by atoms with E-state index in [0.717, 1.165) is 16.7 Å². The lowest BCUT2D eigenvalue weighted by Crippen LogP contribution is -2.33. The molecule has 2 heterocycles. The quantitative estimate of drug-likeness (QED) is 0.209. The van der Waals surface area contributed by atoms with Crippen LogP contribution in [0.25, 0.3) is 17.1 Å². The van der Waals surface area contributed by atoms with Crippen molar-refractivity contribution >= 4 is 34.6 Å². The first-order valence-corrected chi connectivity index (χ1v) is 14.7. The summed E-state index contributed by atoms with van der Waals surface area (Å²) in [6, 6.07) is 17.5. The van der Waals surface area contributed by atoms with Gasteiger partial charge in [0.2, 0.25) is 5.50 Å². The molecule has 0 radical (unpaired) electrons. The van der Waals surface area contributed by atoms with E-state index in [2.05, 4.69) is 25.1 Å². The monoisotopic (exact) mass is 640 g/mol. The first-order chi connectivity index (χ1) is 21.4. The van der Waals surface area contributed by atoms with Crippen LogP contribution in [0.4, 0.5) is 28.0 Å². The van der Waals surface area contributed by atoms with E-state index in [1.807, 2.05) is 57.2 Å². The Kier molecular flexibility index (Phi) is 9.23. The Morgan fingerprint density at radius 3 is 2.47 bits per heavy atom. The van der Waals surface area contributed by atoms with Gasteiger partial charge < -0.3 is 10.1 Å². The molecule has 5 rings (SSSR count). The maximum absolute atomic E-state index is 14.5. The number of hydrogen-bond donors (Lipinski definition) is 1. The van der Waals surface area contributed by atoms with Crippen LogP contribution in [0.1, 0.15) is 36.5 Å². The number of amides is 3. The van der Waals surface area contributed by atoms with E-state index in [-0.39, 0.29) is 23.4 Å². The molecule has 45 heavy (non-hydrogen) atoms. The summed E-state index contributed by atoms with van der Waals surface area (Å²) in [7, 11) is 0. The van der Waals surface area contributed by atoms with Crippen molar-refractivity contribution in [2.24, 2.45) is 4.99 Å². The third-order valence-electron chi connectivity index (χ3n) is 6.79. The summed E-state index contributed by atoms with van der Waals surface area (Å²) in [6.45, 7) is 6.05. The molecule has 1 unspecified atom stereocenters. The van der Waals surface area contributed by atoms with Crippen LogP contribution < -0.4 is 15.0 Å². The highest BCUT2D eigenvalue weighted by Crippen LogP contribution is 2.37. The van der Waals surface area contributed by atoms with E-state index < -0.39 is 23.8 Å². The molecule has 9 nitrogen and oxygen atoms in total. The van der Waals surface area contributed by atoms with Crippen molar-refractivity contribution in [1.29, 1.82) is 0 Å². The number of ether oxygens (including phenoxy) is 1. The van der Waals surface area contributed by atoms with Crippen LogP contribution in [0, 0.1) is 6.92 Å². The van der Waals surface area contributed by atoms with Gasteiger partial charge in [0.15, 0.2) is 11.0 Å². The molecule has 14 heteroatoms. The van der Waals surface area contributed by atoms with Crippen LogP contribution in [0.15, 0.2) is 78.0 Å². The molecule has 1 atom stereocenters. The number of nitrogens with one attached hydrogen (secondary N) is 1. The fourth-order valence-corrected chi connectivity index (χ4v) is 5.43. The molecule has 234 valence electrons. The molecule has 0 aliphatic carbocycles. The maximum Gasteiger partial charge on any atom is 0.573 e. The summed E-state index contributed by atoms with van der Waals surface area (Å²) >= 11 is 0.602. The predicted molar refractivity (Wildman–Crippen MR) is 163 cm³/mol. The lowest BCUT2D eigenvalue weighted by atomic mass is 9.99. The summed E-state index contributed by atoms with van der Waals surface area (Å²) in [6.07, 6.45) is -2.85. The van der Waals surface area contributed by atoms with Crippen LogP contribution >= 0.6 is 11.8 Å². The van der Waals surface area contributed by atoms with Crippen LogP contribution in [-0.4, -0.2) is 50.3 Å². The molecule has 1 aromatic heterocycles. The van der Waals surface area contributed by atoms with E-state index >= 15 is 0 Å². The molecule has 4 aromatic rings. The van der Waals surface area contributed by atoms with Gasteiger partial charge in [-0.2, -0.15) is 4.99 Å². The molecule has 3 amide bonds. The minimum atomic E-state index is -4.77. The zero-order valence-electron chi connectivity index (χ0n) is 24.4. The Hall–Kier alpha value is -4.72. The van der Waals surface area contributed by atoms with Gasteiger partial charge in [0.25, 0.3) is 5.91 Å². The summed E-state index contributed by atoms with van der Waals surface area (Å²) in [5, 5.41) is 7.07. The number of benzene rings is 3. The average Bonchev–Trinajstić information content (AvgIpc) is 3.57. The molecule has 1 saturated heterocycles. The first kappa shape index (κ1) is 31.7. The summed E-state index contributed by atoms with van der Waals surface area (Å²) in [5.74, 6) is -0.634. The topological polar surface area (TPSA) is 102 Å². The molecule has 1 N–H and O–H groups in total. The maximum atomic E-state index is 14.5. The minimum absolute atomic E-state index is 0.0145. The van der Waals surface area contributed by atoms with Gasteiger partial charge in [0.1, 0.15) is 12.1 Å². The second-order valence-corrected chi connectivity index (χ2v) is 11.5. The summed E-state index contributed by atoms with van der Waals surface area (Å²) in [4.78, 5) is 34.8. The van der Waals surface area contributed by atoms with E-state index in [1.54, 1.807) is 6.07 Å². The highest BCUT2D eigenvalue weighted by Gasteiger charge is 2.41. The fourth-order valence-electron chi connectivity index (χ4n) is 4.61. The number of urea groups is 1. The Balaban J connectivity index is 1.19. The number of halogens is 4. The number of rotatable bonds is 8. The van der Waals surface area contributed by atoms with Crippen LogP contribution in [-0.2, 0) is 11.2 Å². The standard InChI is InChI=1S/C31H28F4N6O3S/c1-18(2)24-13-4-19(3)16-25(24)41-28(42)26(32)45-30(41)38-29(43)36-15-14-20-5-7-21(8-6-20)27-37-17-40(39-27)22-9-11-23(12-10-22)44-31(33,34)35/h4-13,16-18,26H,14-15H2,1-3H3,(H,36,43)/b38-30-. The van der Waals surface area contributed by atoms with Gasteiger partial charge in [0.05, 0.1) is 11.4 Å².